The summed E-state index contributed by atoms with van der Waals surface area (Å²) in [6, 6.07) is 7.10. The molecule has 1 saturated heterocycles. The summed E-state index contributed by atoms with van der Waals surface area (Å²) in [6.07, 6.45) is 4.20. The smallest absolute Gasteiger partial charge is 0.316 e. The number of nitrogens with zero attached hydrogens (tertiary/aromatic N) is 2. The van der Waals surface area contributed by atoms with Crippen LogP contribution in [-0.4, -0.2) is 47.9 Å². The molecule has 1 aromatic rings. The number of aliphatic carboxylic acids is 1. The number of carboxylic acids is 1. The standard InChI is InChI=1S/C18H22N2O4/c1-19-11-12-20(16(22)15(19)21)14-7-5-13(6-8-14)18(17(23)24)9-3-2-4-10-18/h5-8H,2-4,9-12H2,1H3,(H,23,24). The first-order valence-electron chi connectivity index (χ1n) is 8.36. The van der Waals surface area contributed by atoms with Crippen molar-refractivity contribution in [2.24, 2.45) is 0 Å². The normalized spacial score (nSPS) is 21.0. The fraction of sp³-hybridized carbons (Fsp3) is 0.500. The average molecular weight is 330 g/mol. The Hall–Kier alpha value is -2.37. The van der Waals surface area contributed by atoms with Gasteiger partial charge in [-0.05, 0) is 30.5 Å². The van der Waals surface area contributed by atoms with Gasteiger partial charge in [0.1, 0.15) is 0 Å². The zero-order valence-corrected chi connectivity index (χ0v) is 13.8. The molecule has 1 aliphatic heterocycles. The molecule has 2 aliphatic rings. The third kappa shape index (κ3) is 2.66. The summed E-state index contributed by atoms with van der Waals surface area (Å²) in [5, 5.41) is 9.75. The number of carbonyl (C=O) groups excluding carboxylic acids is 2. The second-order valence-electron chi connectivity index (χ2n) is 6.68. The molecule has 6 nitrogen and oxygen atoms in total. The Morgan fingerprint density at radius 1 is 1.00 bits per heavy atom. The molecule has 0 spiro atoms. The van der Waals surface area contributed by atoms with E-state index in [0.29, 0.717) is 31.6 Å². The van der Waals surface area contributed by atoms with Crippen LogP contribution in [0.4, 0.5) is 5.69 Å². The Kier molecular flexibility index (Phi) is 4.30. The zero-order valence-electron chi connectivity index (χ0n) is 13.8. The number of anilines is 1. The van der Waals surface area contributed by atoms with Crippen molar-refractivity contribution in [3.63, 3.8) is 0 Å². The van der Waals surface area contributed by atoms with Crippen LogP contribution in [0.25, 0.3) is 0 Å². The van der Waals surface area contributed by atoms with E-state index in [1.54, 1.807) is 31.3 Å². The molecule has 1 heterocycles. The molecule has 0 aromatic heterocycles. The van der Waals surface area contributed by atoms with Crippen molar-refractivity contribution in [2.45, 2.75) is 37.5 Å². The minimum Gasteiger partial charge on any atom is -0.481 e. The van der Waals surface area contributed by atoms with E-state index >= 15 is 0 Å². The molecule has 0 bridgehead atoms. The molecule has 1 aromatic carbocycles. The van der Waals surface area contributed by atoms with Gasteiger partial charge in [-0.3, -0.25) is 14.4 Å². The summed E-state index contributed by atoms with van der Waals surface area (Å²) < 4.78 is 0. The van der Waals surface area contributed by atoms with Gasteiger partial charge in [0.25, 0.3) is 0 Å². The van der Waals surface area contributed by atoms with Crippen LogP contribution in [0.3, 0.4) is 0 Å². The highest BCUT2D eigenvalue weighted by Crippen LogP contribution is 2.40. The summed E-state index contributed by atoms with van der Waals surface area (Å²) in [5.74, 6) is -1.83. The number of hydrogen-bond donors (Lipinski definition) is 1. The number of hydrogen-bond acceptors (Lipinski definition) is 3. The summed E-state index contributed by atoms with van der Waals surface area (Å²) >= 11 is 0. The van der Waals surface area contributed by atoms with E-state index in [1.807, 2.05) is 0 Å². The first kappa shape index (κ1) is 16.5. The molecule has 6 heteroatoms. The fourth-order valence-electron chi connectivity index (χ4n) is 3.72. The number of rotatable bonds is 3. The van der Waals surface area contributed by atoms with Gasteiger partial charge in [0.15, 0.2) is 0 Å². The maximum Gasteiger partial charge on any atom is 0.316 e. The van der Waals surface area contributed by atoms with Crippen LogP contribution in [0.15, 0.2) is 24.3 Å². The Labute approximate surface area is 141 Å². The number of carboxylic acid groups (broad SMARTS) is 1. The number of carbonyl (C=O) groups is 3. The highest BCUT2D eigenvalue weighted by molar-refractivity contribution is 6.40. The van der Waals surface area contributed by atoms with Gasteiger partial charge in [-0.15, -0.1) is 0 Å². The second kappa shape index (κ2) is 6.26. The molecular formula is C18H22N2O4. The largest absolute Gasteiger partial charge is 0.481 e. The van der Waals surface area contributed by atoms with E-state index in [4.69, 9.17) is 0 Å². The second-order valence-corrected chi connectivity index (χ2v) is 6.68. The SMILES string of the molecule is CN1CCN(c2ccc(C3(C(=O)O)CCCCC3)cc2)C(=O)C1=O. The molecule has 0 radical (unpaired) electrons. The highest BCUT2D eigenvalue weighted by Gasteiger charge is 2.41. The van der Waals surface area contributed by atoms with Crippen molar-refractivity contribution in [2.75, 3.05) is 25.0 Å². The monoisotopic (exact) mass is 330 g/mol. The molecule has 24 heavy (non-hydrogen) atoms. The molecule has 2 amide bonds. The maximum atomic E-state index is 12.1. The summed E-state index contributed by atoms with van der Waals surface area (Å²) in [7, 11) is 1.61. The third-order valence-electron chi connectivity index (χ3n) is 5.28. The van der Waals surface area contributed by atoms with Crippen LogP contribution in [0, 0.1) is 0 Å². The third-order valence-corrected chi connectivity index (χ3v) is 5.28. The van der Waals surface area contributed by atoms with Crippen molar-refractivity contribution < 1.29 is 19.5 Å². The van der Waals surface area contributed by atoms with Gasteiger partial charge < -0.3 is 14.9 Å². The molecule has 0 unspecified atom stereocenters. The molecule has 128 valence electrons. The van der Waals surface area contributed by atoms with E-state index in [0.717, 1.165) is 24.8 Å². The van der Waals surface area contributed by atoms with Crippen LogP contribution in [0.5, 0.6) is 0 Å². The van der Waals surface area contributed by atoms with Gasteiger partial charge in [0, 0.05) is 25.8 Å². The highest BCUT2D eigenvalue weighted by atomic mass is 16.4. The minimum absolute atomic E-state index is 0.449. The zero-order chi connectivity index (χ0) is 17.3. The van der Waals surface area contributed by atoms with Gasteiger partial charge in [0.05, 0.1) is 5.41 Å². The van der Waals surface area contributed by atoms with E-state index in [1.165, 1.54) is 9.80 Å². The van der Waals surface area contributed by atoms with Crippen LogP contribution in [0.2, 0.25) is 0 Å². The maximum absolute atomic E-state index is 12.1. The van der Waals surface area contributed by atoms with Crippen molar-refractivity contribution in [1.29, 1.82) is 0 Å². The van der Waals surface area contributed by atoms with Crippen LogP contribution >= 0.6 is 0 Å². The van der Waals surface area contributed by atoms with Gasteiger partial charge in [-0.2, -0.15) is 0 Å². The van der Waals surface area contributed by atoms with Crippen LogP contribution in [-0.2, 0) is 19.8 Å². The van der Waals surface area contributed by atoms with Gasteiger partial charge in [0.2, 0.25) is 0 Å². The Bertz CT molecular complexity index is 662. The van der Waals surface area contributed by atoms with Crippen LogP contribution in [0.1, 0.15) is 37.7 Å². The lowest BCUT2D eigenvalue weighted by molar-refractivity contribution is -0.145. The van der Waals surface area contributed by atoms with Crippen molar-refractivity contribution >= 4 is 23.5 Å². The van der Waals surface area contributed by atoms with E-state index in [-0.39, 0.29) is 0 Å². The number of amides is 2. The molecule has 3 rings (SSSR count). The first-order valence-corrected chi connectivity index (χ1v) is 8.36. The quantitative estimate of drug-likeness (QED) is 0.857. The van der Waals surface area contributed by atoms with Gasteiger partial charge in [-0.25, -0.2) is 0 Å². The van der Waals surface area contributed by atoms with Gasteiger partial charge in [-0.1, -0.05) is 31.4 Å². The van der Waals surface area contributed by atoms with E-state index in [2.05, 4.69) is 0 Å². The van der Waals surface area contributed by atoms with E-state index in [9.17, 15) is 19.5 Å². The molecule has 2 fully saturated rings. The van der Waals surface area contributed by atoms with Gasteiger partial charge >= 0.3 is 17.8 Å². The van der Waals surface area contributed by atoms with Crippen molar-refractivity contribution in [3.05, 3.63) is 29.8 Å². The summed E-state index contributed by atoms with van der Waals surface area (Å²) in [5.41, 5.74) is 0.603. The predicted octanol–water partition coefficient (Wildman–Crippen LogP) is 1.78. The van der Waals surface area contributed by atoms with Crippen molar-refractivity contribution in [3.8, 4) is 0 Å². The van der Waals surface area contributed by atoms with Crippen molar-refractivity contribution in [1.82, 2.24) is 4.90 Å². The topological polar surface area (TPSA) is 77.9 Å². The molecule has 0 atom stereocenters. The molecule has 1 N–H and O–H groups in total. The predicted molar refractivity (Wildman–Crippen MR) is 88.8 cm³/mol. The summed E-state index contributed by atoms with van der Waals surface area (Å²) in [4.78, 5) is 38.7. The Balaban J connectivity index is 1.86. The fourth-order valence-corrected chi connectivity index (χ4v) is 3.72. The van der Waals surface area contributed by atoms with E-state index < -0.39 is 23.2 Å². The average Bonchev–Trinajstić information content (AvgIpc) is 2.60. The summed E-state index contributed by atoms with van der Waals surface area (Å²) in [6.45, 7) is 0.940. The first-order chi connectivity index (χ1) is 11.5. The number of likely N-dealkylation sites (N-methyl/N-ethyl adjacent to an activating group) is 1. The Morgan fingerprint density at radius 2 is 1.62 bits per heavy atom. The molecule has 1 aliphatic carbocycles. The lowest BCUT2D eigenvalue weighted by atomic mass is 9.69. The minimum atomic E-state index is -0.821. The lowest BCUT2D eigenvalue weighted by Crippen LogP contribution is -2.53. The Morgan fingerprint density at radius 3 is 2.21 bits per heavy atom. The molecular weight excluding hydrogens is 308 g/mol. The lowest BCUT2D eigenvalue weighted by Gasteiger charge is -2.34. The van der Waals surface area contributed by atoms with Crippen LogP contribution < -0.4 is 4.90 Å². The number of benzene rings is 1. The number of piperazine rings is 1. The molecule has 1 saturated carbocycles.